The Labute approximate surface area is 202 Å². The Morgan fingerprint density at radius 2 is 1.65 bits per heavy atom. The second-order valence-electron chi connectivity index (χ2n) is 9.26. The molecule has 2 heterocycles. The third kappa shape index (κ3) is 4.01. The Balaban J connectivity index is 1.60. The van der Waals surface area contributed by atoms with Crippen molar-refractivity contribution >= 4 is 33.3 Å². The number of rotatable bonds is 4. The second-order valence-corrected chi connectivity index (χ2v) is 9.70. The van der Waals surface area contributed by atoms with E-state index in [1.807, 2.05) is 19.2 Å². The number of aryl methyl sites for hydroxylation is 2. The highest BCUT2D eigenvalue weighted by atomic mass is 35.5. The van der Waals surface area contributed by atoms with Crippen molar-refractivity contribution in [2.45, 2.75) is 50.9 Å². The van der Waals surface area contributed by atoms with Gasteiger partial charge in [0.2, 0.25) is 0 Å². The van der Waals surface area contributed by atoms with Gasteiger partial charge >= 0.3 is 0 Å². The van der Waals surface area contributed by atoms with Crippen LogP contribution in [-0.4, -0.2) is 56.0 Å². The lowest BCUT2D eigenvalue weighted by atomic mass is 9.98. The van der Waals surface area contributed by atoms with E-state index in [0.29, 0.717) is 11.4 Å². The normalized spacial score (nSPS) is 25.3. The lowest BCUT2D eigenvalue weighted by Gasteiger charge is -2.40. The molecule has 1 aromatic heterocycles. The van der Waals surface area contributed by atoms with Crippen LogP contribution in [0.1, 0.15) is 28.5 Å². The van der Waals surface area contributed by atoms with E-state index >= 15 is 0 Å². The van der Waals surface area contributed by atoms with Crippen LogP contribution in [0.25, 0.3) is 21.7 Å². The number of benzene rings is 3. The average molecular weight is 482 g/mol. The quantitative estimate of drug-likeness (QED) is 0.357. The van der Waals surface area contributed by atoms with Gasteiger partial charge in [-0.1, -0.05) is 53.6 Å². The molecule has 3 aromatic carbocycles. The Morgan fingerprint density at radius 1 is 0.912 bits per heavy atom. The number of halogens is 1. The first-order chi connectivity index (χ1) is 16.3. The first kappa shape index (κ1) is 23.3. The van der Waals surface area contributed by atoms with Crippen LogP contribution >= 0.6 is 11.6 Å². The van der Waals surface area contributed by atoms with Crippen LogP contribution in [0, 0.1) is 13.8 Å². The van der Waals surface area contributed by atoms with Crippen molar-refractivity contribution in [3.63, 3.8) is 0 Å². The van der Waals surface area contributed by atoms with Crippen LogP contribution in [0.2, 0.25) is 5.02 Å². The number of hydrogen-bond donors (Lipinski definition) is 4. The number of nitrogens with zero attached hydrogens (tertiary/aromatic N) is 1. The summed E-state index contributed by atoms with van der Waals surface area (Å²) in [5.41, 5.74) is 5.11. The standard InChI is InChI=1S/C27H28ClNO5/c1-14-3-5-18-9-16(4-6-17(18)7-14)10-19-12-29(21-11-20(28)8-15(2)23(19)21)27-26(33)25(32)24(31)22(13-30)34-27/h3-9,11-12,22,24-27,30-33H,10,13H2,1-2H3/t22-,24-,25+,26-,27-/m1/s1. The largest absolute Gasteiger partial charge is 0.394 e. The number of hydrogen-bond acceptors (Lipinski definition) is 5. The Hall–Kier alpha value is -2.45. The third-order valence-corrected chi connectivity index (χ3v) is 6.99. The van der Waals surface area contributed by atoms with E-state index in [0.717, 1.165) is 27.6 Å². The molecule has 5 atom stereocenters. The Kier molecular flexibility index (Phi) is 6.14. The molecule has 5 rings (SSSR count). The molecule has 0 spiro atoms. The Bertz CT molecular complexity index is 1360. The minimum Gasteiger partial charge on any atom is -0.394 e. The molecule has 1 aliphatic heterocycles. The predicted octanol–water partition coefficient (Wildman–Crippen LogP) is 3.63. The summed E-state index contributed by atoms with van der Waals surface area (Å²) in [6.45, 7) is 3.58. The fourth-order valence-electron chi connectivity index (χ4n) is 5.05. The highest BCUT2D eigenvalue weighted by Gasteiger charge is 2.44. The van der Waals surface area contributed by atoms with Gasteiger partial charge in [-0.25, -0.2) is 0 Å². The van der Waals surface area contributed by atoms with Crippen molar-refractivity contribution in [2.75, 3.05) is 6.61 Å². The molecule has 1 aliphatic rings. The van der Waals surface area contributed by atoms with Gasteiger partial charge in [0.15, 0.2) is 6.23 Å². The van der Waals surface area contributed by atoms with Gasteiger partial charge in [-0.2, -0.15) is 0 Å². The zero-order valence-corrected chi connectivity index (χ0v) is 19.8. The lowest BCUT2D eigenvalue weighted by molar-refractivity contribution is -0.250. The average Bonchev–Trinajstić information content (AvgIpc) is 3.15. The summed E-state index contributed by atoms with van der Waals surface area (Å²) in [5, 5.41) is 44.8. The summed E-state index contributed by atoms with van der Waals surface area (Å²) in [5.74, 6) is 0. The molecule has 0 unspecified atom stereocenters. The molecule has 0 saturated carbocycles. The second kappa shape index (κ2) is 8.96. The van der Waals surface area contributed by atoms with Crippen molar-refractivity contribution < 1.29 is 25.2 Å². The molecule has 6 nitrogen and oxygen atoms in total. The number of aliphatic hydroxyl groups is 4. The van der Waals surface area contributed by atoms with E-state index in [1.54, 1.807) is 10.6 Å². The maximum absolute atomic E-state index is 10.7. The van der Waals surface area contributed by atoms with Crippen LogP contribution in [0.3, 0.4) is 0 Å². The minimum atomic E-state index is -1.46. The van der Waals surface area contributed by atoms with Crippen LogP contribution < -0.4 is 0 Å². The maximum atomic E-state index is 10.7. The van der Waals surface area contributed by atoms with Gasteiger partial charge in [0.25, 0.3) is 0 Å². The van der Waals surface area contributed by atoms with E-state index < -0.39 is 37.3 Å². The highest BCUT2D eigenvalue weighted by Crippen LogP contribution is 2.36. The number of ether oxygens (including phenoxy) is 1. The number of aromatic nitrogens is 1. The first-order valence-corrected chi connectivity index (χ1v) is 11.7. The summed E-state index contributed by atoms with van der Waals surface area (Å²) in [4.78, 5) is 0. The van der Waals surface area contributed by atoms with Gasteiger partial charge < -0.3 is 29.7 Å². The van der Waals surface area contributed by atoms with Crippen molar-refractivity contribution in [1.82, 2.24) is 4.57 Å². The first-order valence-electron chi connectivity index (χ1n) is 11.4. The molecule has 7 heteroatoms. The summed E-state index contributed by atoms with van der Waals surface area (Å²) >= 11 is 6.38. The molecule has 4 N–H and O–H groups in total. The topological polar surface area (TPSA) is 95.1 Å². The molecule has 0 aliphatic carbocycles. The van der Waals surface area contributed by atoms with Crippen LogP contribution in [0.15, 0.2) is 54.7 Å². The van der Waals surface area contributed by atoms with Crippen molar-refractivity contribution in [1.29, 1.82) is 0 Å². The third-order valence-electron chi connectivity index (χ3n) is 6.77. The zero-order chi connectivity index (χ0) is 24.1. The van der Waals surface area contributed by atoms with Crippen molar-refractivity contribution in [3.05, 3.63) is 82.0 Å². The van der Waals surface area contributed by atoms with Gasteiger partial charge in [0.1, 0.15) is 24.4 Å². The molecule has 34 heavy (non-hydrogen) atoms. The number of fused-ring (bicyclic) bond motifs is 2. The smallest absolute Gasteiger partial charge is 0.163 e. The molecule has 178 valence electrons. The molecule has 1 fully saturated rings. The molecular formula is C27H28ClNO5. The fourth-order valence-corrected chi connectivity index (χ4v) is 5.32. The van der Waals surface area contributed by atoms with Gasteiger partial charge in [-0.05, 0) is 59.9 Å². The molecule has 0 radical (unpaired) electrons. The van der Waals surface area contributed by atoms with E-state index in [2.05, 4.69) is 43.3 Å². The SMILES string of the molecule is Cc1ccc2cc(Cc3cn([C@@H]4O[C@H](CO)[C@@H](O)[C@H](O)[C@H]4O)c4cc(Cl)cc(C)c34)ccc2c1. The van der Waals surface area contributed by atoms with Gasteiger partial charge in [0.05, 0.1) is 12.1 Å². The van der Waals surface area contributed by atoms with Crippen LogP contribution in [0.4, 0.5) is 0 Å². The summed E-state index contributed by atoms with van der Waals surface area (Å²) in [7, 11) is 0. The van der Waals surface area contributed by atoms with E-state index in [4.69, 9.17) is 16.3 Å². The monoisotopic (exact) mass is 481 g/mol. The van der Waals surface area contributed by atoms with Gasteiger partial charge in [0, 0.05) is 16.6 Å². The Morgan fingerprint density at radius 3 is 2.41 bits per heavy atom. The zero-order valence-electron chi connectivity index (χ0n) is 19.0. The minimum absolute atomic E-state index is 0.482. The molecular weight excluding hydrogens is 454 g/mol. The summed E-state index contributed by atoms with van der Waals surface area (Å²) < 4.78 is 7.59. The molecule has 1 saturated heterocycles. The number of aliphatic hydroxyl groups excluding tert-OH is 4. The van der Waals surface area contributed by atoms with Crippen molar-refractivity contribution in [2.24, 2.45) is 0 Å². The summed E-state index contributed by atoms with van der Waals surface area (Å²) in [6, 6.07) is 16.5. The predicted molar refractivity (Wildman–Crippen MR) is 132 cm³/mol. The van der Waals surface area contributed by atoms with E-state index in [-0.39, 0.29) is 0 Å². The van der Waals surface area contributed by atoms with E-state index in [1.165, 1.54) is 16.3 Å². The lowest BCUT2D eigenvalue weighted by Crippen LogP contribution is -2.56. The summed E-state index contributed by atoms with van der Waals surface area (Å²) in [6.07, 6.45) is -3.69. The van der Waals surface area contributed by atoms with Gasteiger partial charge in [-0.3, -0.25) is 0 Å². The molecule has 0 amide bonds. The van der Waals surface area contributed by atoms with Crippen molar-refractivity contribution in [3.8, 4) is 0 Å². The van der Waals surface area contributed by atoms with E-state index in [9.17, 15) is 20.4 Å². The fraction of sp³-hybridized carbons (Fsp3) is 0.333. The molecule has 4 aromatic rings. The van der Waals surface area contributed by atoms with Crippen LogP contribution in [0.5, 0.6) is 0 Å². The van der Waals surface area contributed by atoms with Crippen LogP contribution in [-0.2, 0) is 11.2 Å². The highest BCUT2D eigenvalue weighted by molar-refractivity contribution is 6.31. The molecule has 0 bridgehead atoms. The maximum Gasteiger partial charge on any atom is 0.163 e. The van der Waals surface area contributed by atoms with Gasteiger partial charge in [-0.15, -0.1) is 0 Å².